The van der Waals surface area contributed by atoms with Crippen molar-refractivity contribution in [1.29, 1.82) is 0 Å². The van der Waals surface area contributed by atoms with Gasteiger partial charge < -0.3 is 10.7 Å². The van der Waals surface area contributed by atoms with E-state index in [1.165, 1.54) is 27.8 Å². The van der Waals surface area contributed by atoms with Gasteiger partial charge in [-0.1, -0.05) is 35.4 Å². The summed E-state index contributed by atoms with van der Waals surface area (Å²) < 4.78 is 0.999. The van der Waals surface area contributed by atoms with Gasteiger partial charge in [-0.15, -0.1) is 0 Å². The minimum absolute atomic E-state index is 0.729. The molecule has 2 aromatic carbocycles. The van der Waals surface area contributed by atoms with E-state index in [0.29, 0.717) is 0 Å². The molecule has 0 radical (unpaired) electrons. The van der Waals surface area contributed by atoms with Crippen LogP contribution in [-0.2, 0) is 6.42 Å². The first-order valence-corrected chi connectivity index (χ1v) is 9.04. The van der Waals surface area contributed by atoms with E-state index in [-0.39, 0.29) is 0 Å². The summed E-state index contributed by atoms with van der Waals surface area (Å²) in [6.07, 6.45) is 3.10. The molecule has 23 heavy (non-hydrogen) atoms. The molecule has 0 spiro atoms. The molecule has 0 atom stereocenters. The summed E-state index contributed by atoms with van der Waals surface area (Å²) in [4.78, 5) is 3.59. The molecule has 1 heterocycles. The fraction of sp³-hybridized carbons (Fsp3) is 0.263. The van der Waals surface area contributed by atoms with E-state index < -0.39 is 0 Å². The molecule has 0 unspecified atom stereocenters. The van der Waals surface area contributed by atoms with Crippen LogP contribution in [0.5, 0.6) is 0 Å². The van der Waals surface area contributed by atoms with Gasteiger partial charge in [-0.05, 0) is 78.0 Å². The Balaban J connectivity index is 2.19. The number of unbranched alkanes of at least 4 members (excludes halogenated alkanes) is 1. The molecule has 3 aromatic rings. The van der Waals surface area contributed by atoms with Crippen LogP contribution in [0, 0.1) is 6.92 Å². The first-order valence-electron chi connectivity index (χ1n) is 7.87. The van der Waals surface area contributed by atoms with Gasteiger partial charge in [0.25, 0.3) is 0 Å². The van der Waals surface area contributed by atoms with Crippen molar-refractivity contribution in [2.45, 2.75) is 26.2 Å². The highest BCUT2D eigenvalue weighted by Crippen LogP contribution is 2.37. The number of aromatic amines is 1. The van der Waals surface area contributed by atoms with Crippen LogP contribution in [0.4, 0.5) is 0 Å². The van der Waals surface area contributed by atoms with Gasteiger partial charge >= 0.3 is 0 Å². The van der Waals surface area contributed by atoms with Crippen molar-refractivity contribution in [3.8, 4) is 11.3 Å². The second-order valence-electron chi connectivity index (χ2n) is 5.90. The number of aromatic nitrogens is 1. The van der Waals surface area contributed by atoms with E-state index in [4.69, 9.17) is 17.3 Å². The Morgan fingerprint density at radius 3 is 2.74 bits per heavy atom. The van der Waals surface area contributed by atoms with Crippen LogP contribution in [0.1, 0.15) is 24.0 Å². The zero-order valence-electron chi connectivity index (χ0n) is 13.1. The number of halogens is 2. The van der Waals surface area contributed by atoms with Crippen molar-refractivity contribution >= 4 is 38.4 Å². The van der Waals surface area contributed by atoms with Crippen molar-refractivity contribution in [1.82, 2.24) is 4.98 Å². The molecule has 0 saturated carbocycles. The summed E-state index contributed by atoms with van der Waals surface area (Å²) in [5.74, 6) is 0. The maximum absolute atomic E-state index is 6.27. The lowest BCUT2D eigenvalue weighted by atomic mass is 9.99. The molecule has 0 bridgehead atoms. The van der Waals surface area contributed by atoms with E-state index in [1.807, 2.05) is 6.07 Å². The maximum Gasteiger partial charge on any atom is 0.0607 e. The highest BCUT2D eigenvalue weighted by Gasteiger charge is 2.15. The number of rotatable bonds is 5. The number of hydrogen-bond donors (Lipinski definition) is 2. The number of nitrogens with one attached hydrogen (secondary N) is 1. The summed E-state index contributed by atoms with van der Waals surface area (Å²) in [5.41, 5.74) is 11.7. The molecule has 4 heteroatoms. The van der Waals surface area contributed by atoms with Crippen LogP contribution >= 0.6 is 27.5 Å². The molecular formula is C19H20BrClN2. The smallest absolute Gasteiger partial charge is 0.0607 e. The number of hydrogen-bond acceptors (Lipinski definition) is 1. The van der Waals surface area contributed by atoms with Gasteiger partial charge in [0.15, 0.2) is 0 Å². The normalized spacial score (nSPS) is 11.3. The van der Waals surface area contributed by atoms with Gasteiger partial charge in [-0.2, -0.15) is 0 Å². The molecule has 0 fully saturated rings. The number of benzene rings is 2. The van der Waals surface area contributed by atoms with E-state index in [1.54, 1.807) is 0 Å². The molecule has 0 aliphatic carbocycles. The quantitative estimate of drug-likeness (QED) is 0.527. The number of aryl methyl sites for hydroxylation is 2. The van der Waals surface area contributed by atoms with Crippen LogP contribution in [-0.4, -0.2) is 11.5 Å². The monoisotopic (exact) mass is 390 g/mol. The first kappa shape index (κ1) is 16.6. The molecule has 0 saturated heterocycles. The van der Waals surface area contributed by atoms with Crippen molar-refractivity contribution in [3.63, 3.8) is 0 Å². The Morgan fingerprint density at radius 2 is 2.00 bits per heavy atom. The second kappa shape index (κ2) is 7.08. The number of nitrogens with two attached hydrogens (primary N) is 1. The first-order chi connectivity index (χ1) is 11.1. The fourth-order valence-electron chi connectivity index (χ4n) is 3.03. The zero-order valence-corrected chi connectivity index (χ0v) is 15.5. The number of fused-ring (bicyclic) bond motifs is 1. The lowest BCUT2D eigenvalue weighted by molar-refractivity contribution is 0.748. The zero-order chi connectivity index (χ0) is 16.4. The van der Waals surface area contributed by atoms with Crippen LogP contribution in [0.3, 0.4) is 0 Å². The third-order valence-electron chi connectivity index (χ3n) is 4.12. The second-order valence-corrected chi connectivity index (χ2v) is 7.19. The predicted molar refractivity (Wildman–Crippen MR) is 103 cm³/mol. The standard InChI is InChI=1S/C19H20BrClN2/c1-12-5-4-6-13(9-12)18-15(7-2-3-8-22)16-10-14(21)11-17(20)19(16)23-18/h4-6,9-11,23H,2-3,7-8,22H2,1H3. The Hall–Kier alpha value is -1.29. The van der Waals surface area contributed by atoms with Gasteiger partial charge in [0.05, 0.1) is 5.52 Å². The molecule has 0 aliphatic rings. The minimum atomic E-state index is 0.729. The third kappa shape index (κ3) is 3.47. The van der Waals surface area contributed by atoms with E-state index in [2.05, 4.69) is 58.2 Å². The van der Waals surface area contributed by atoms with Gasteiger partial charge in [0, 0.05) is 20.6 Å². The summed E-state index contributed by atoms with van der Waals surface area (Å²) in [5, 5.41) is 1.94. The lowest BCUT2D eigenvalue weighted by Gasteiger charge is -2.06. The van der Waals surface area contributed by atoms with Crippen molar-refractivity contribution in [3.05, 3.63) is 57.0 Å². The Kier molecular flexibility index (Phi) is 5.10. The topological polar surface area (TPSA) is 41.8 Å². The van der Waals surface area contributed by atoms with Crippen LogP contribution in [0.25, 0.3) is 22.2 Å². The van der Waals surface area contributed by atoms with Gasteiger partial charge in [-0.3, -0.25) is 0 Å². The number of H-pyrrole nitrogens is 1. The average molecular weight is 392 g/mol. The molecule has 0 aliphatic heterocycles. The molecule has 1 aromatic heterocycles. The van der Waals surface area contributed by atoms with Gasteiger partial charge in [0.2, 0.25) is 0 Å². The Morgan fingerprint density at radius 1 is 1.17 bits per heavy atom. The highest BCUT2D eigenvalue weighted by atomic mass is 79.9. The largest absolute Gasteiger partial charge is 0.353 e. The third-order valence-corrected chi connectivity index (χ3v) is 4.96. The van der Waals surface area contributed by atoms with Crippen LogP contribution < -0.4 is 5.73 Å². The Labute approximate surface area is 150 Å². The SMILES string of the molecule is Cc1cccc(-c2[nH]c3c(Br)cc(Cl)cc3c2CCCCN)c1. The lowest BCUT2D eigenvalue weighted by Crippen LogP contribution is -1.99. The molecule has 120 valence electrons. The van der Waals surface area contributed by atoms with Crippen LogP contribution in [0.15, 0.2) is 40.9 Å². The van der Waals surface area contributed by atoms with Crippen molar-refractivity contribution in [2.24, 2.45) is 5.73 Å². The minimum Gasteiger partial charge on any atom is -0.353 e. The summed E-state index contributed by atoms with van der Waals surface area (Å²) in [6, 6.07) is 12.6. The van der Waals surface area contributed by atoms with E-state index >= 15 is 0 Å². The highest BCUT2D eigenvalue weighted by molar-refractivity contribution is 9.10. The van der Waals surface area contributed by atoms with Crippen LogP contribution in [0.2, 0.25) is 5.02 Å². The predicted octanol–water partition coefficient (Wildman–Crippen LogP) is 5.84. The molecule has 2 nitrogen and oxygen atoms in total. The average Bonchev–Trinajstić information content (AvgIpc) is 2.87. The Bertz CT molecular complexity index is 839. The summed E-state index contributed by atoms with van der Waals surface area (Å²) >= 11 is 9.90. The fourth-order valence-corrected chi connectivity index (χ4v) is 3.94. The summed E-state index contributed by atoms with van der Waals surface area (Å²) in [7, 11) is 0. The molecule has 3 N–H and O–H groups in total. The molecule has 3 rings (SSSR count). The van der Waals surface area contributed by atoms with Crippen molar-refractivity contribution in [2.75, 3.05) is 6.54 Å². The van der Waals surface area contributed by atoms with E-state index in [9.17, 15) is 0 Å². The van der Waals surface area contributed by atoms with Crippen molar-refractivity contribution < 1.29 is 0 Å². The molecule has 0 amide bonds. The maximum atomic E-state index is 6.27. The van der Waals surface area contributed by atoms with Gasteiger partial charge in [0.1, 0.15) is 0 Å². The van der Waals surface area contributed by atoms with Gasteiger partial charge in [-0.25, -0.2) is 0 Å². The summed E-state index contributed by atoms with van der Waals surface area (Å²) in [6.45, 7) is 2.85. The molecular weight excluding hydrogens is 372 g/mol. The van der Waals surface area contributed by atoms with E-state index in [0.717, 1.165) is 40.8 Å².